The average Bonchev–Trinajstić information content (AvgIpc) is 2.74. The monoisotopic (exact) mass is 510 g/mol. The van der Waals surface area contributed by atoms with Crippen molar-refractivity contribution in [3.05, 3.63) is 57.5 Å². The molecule has 0 radical (unpaired) electrons. The maximum Gasteiger partial charge on any atom is 0.337 e. The minimum absolute atomic E-state index is 0.0129. The molecule has 2 N–H and O–H groups in total. The van der Waals surface area contributed by atoms with Gasteiger partial charge >= 0.3 is 11.9 Å². The molecule has 0 bridgehead atoms. The lowest BCUT2D eigenvalue weighted by molar-refractivity contribution is -0.147. The van der Waals surface area contributed by atoms with E-state index in [2.05, 4.69) is 31.3 Å². The van der Waals surface area contributed by atoms with Gasteiger partial charge in [-0.3, -0.25) is 14.4 Å². The molecule has 10 heteroatoms. The van der Waals surface area contributed by atoms with Gasteiger partial charge in [0.25, 0.3) is 5.91 Å². The summed E-state index contributed by atoms with van der Waals surface area (Å²) in [5.74, 6) is -1.87. The van der Waals surface area contributed by atoms with Crippen LogP contribution in [0.2, 0.25) is 5.02 Å². The molecule has 0 aliphatic heterocycles. The highest BCUT2D eigenvalue weighted by Gasteiger charge is 2.11. The first-order valence-electron chi connectivity index (χ1n) is 9.17. The zero-order valence-electron chi connectivity index (χ0n) is 16.6. The number of nitrogens with one attached hydrogen (secondary N) is 2. The van der Waals surface area contributed by atoms with Gasteiger partial charge in [0.05, 0.1) is 23.4 Å². The largest absolute Gasteiger partial charge is 0.465 e. The van der Waals surface area contributed by atoms with Crippen LogP contribution < -0.4 is 10.6 Å². The van der Waals surface area contributed by atoms with Crippen LogP contribution in [0.25, 0.3) is 0 Å². The fourth-order valence-electron chi connectivity index (χ4n) is 2.42. The molecule has 0 saturated carbocycles. The number of anilines is 2. The molecule has 31 heavy (non-hydrogen) atoms. The lowest BCUT2D eigenvalue weighted by atomic mass is 10.2. The molecule has 2 amide bonds. The third-order valence-corrected chi connectivity index (χ3v) is 4.75. The molecule has 0 spiro atoms. The van der Waals surface area contributed by atoms with E-state index in [1.807, 2.05) is 0 Å². The summed E-state index contributed by atoms with van der Waals surface area (Å²) in [6, 6.07) is 11.2. The third-order valence-electron chi connectivity index (χ3n) is 3.94. The number of rotatable bonds is 9. The van der Waals surface area contributed by atoms with Crippen molar-refractivity contribution < 1.29 is 28.7 Å². The standard InChI is InChI=1S/C21H20BrClN2O6/c1-30-21(29)13-5-8-15(9-6-13)24-18(26)3-2-4-20(28)31-12-19(27)25-17-10-7-14(22)11-16(17)23/h5-11H,2-4,12H2,1H3,(H,24,26)(H,25,27). The minimum Gasteiger partial charge on any atom is -0.465 e. The SMILES string of the molecule is COC(=O)c1ccc(NC(=O)CCCC(=O)OCC(=O)Nc2ccc(Br)cc2Cl)cc1. The first kappa shape index (κ1) is 24.4. The zero-order chi connectivity index (χ0) is 22.8. The van der Waals surface area contributed by atoms with E-state index in [0.717, 1.165) is 4.47 Å². The first-order chi connectivity index (χ1) is 14.8. The molecule has 0 saturated heterocycles. The Morgan fingerprint density at radius 1 is 0.968 bits per heavy atom. The highest BCUT2D eigenvalue weighted by atomic mass is 79.9. The predicted molar refractivity (Wildman–Crippen MR) is 119 cm³/mol. The molecule has 0 atom stereocenters. The second-order valence-corrected chi connectivity index (χ2v) is 7.63. The molecule has 0 aromatic heterocycles. The Balaban J connectivity index is 1.66. The minimum atomic E-state index is -0.590. The molecular formula is C21H20BrClN2O6. The third kappa shape index (κ3) is 8.39. The summed E-state index contributed by atoms with van der Waals surface area (Å²) in [4.78, 5) is 47.0. The van der Waals surface area contributed by atoms with Crippen LogP contribution in [0.5, 0.6) is 0 Å². The fourth-order valence-corrected chi connectivity index (χ4v) is 3.14. The molecule has 0 heterocycles. The van der Waals surface area contributed by atoms with Crippen molar-refractivity contribution in [2.24, 2.45) is 0 Å². The van der Waals surface area contributed by atoms with Gasteiger partial charge in [-0.25, -0.2) is 4.79 Å². The highest BCUT2D eigenvalue weighted by molar-refractivity contribution is 9.10. The van der Waals surface area contributed by atoms with Crippen LogP contribution >= 0.6 is 27.5 Å². The number of esters is 2. The van der Waals surface area contributed by atoms with Crippen LogP contribution in [0, 0.1) is 0 Å². The van der Waals surface area contributed by atoms with E-state index in [4.69, 9.17) is 16.3 Å². The molecule has 0 aliphatic carbocycles. The number of ether oxygens (including phenoxy) is 2. The molecule has 0 unspecified atom stereocenters. The maximum atomic E-state index is 12.0. The second-order valence-electron chi connectivity index (χ2n) is 6.30. The van der Waals surface area contributed by atoms with Crippen molar-refractivity contribution in [2.75, 3.05) is 24.4 Å². The fraction of sp³-hybridized carbons (Fsp3) is 0.238. The summed E-state index contributed by atoms with van der Waals surface area (Å²) in [6.45, 7) is -0.454. The van der Waals surface area contributed by atoms with Crippen molar-refractivity contribution in [1.82, 2.24) is 0 Å². The molecular weight excluding hydrogens is 492 g/mol. The second kappa shape index (κ2) is 12.1. The number of carbonyl (C=O) groups excluding carboxylic acids is 4. The van der Waals surface area contributed by atoms with Gasteiger partial charge in [-0.1, -0.05) is 27.5 Å². The van der Waals surface area contributed by atoms with Gasteiger partial charge in [-0.15, -0.1) is 0 Å². The maximum absolute atomic E-state index is 12.0. The van der Waals surface area contributed by atoms with E-state index in [1.165, 1.54) is 19.2 Å². The number of hydrogen-bond donors (Lipinski definition) is 2. The molecule has 0 fully saturated rings. The van der Waals surface area contributed by atoms with Gasteiger partial charge in [0.1, 0.15) is 0 Å². The molecule has 0 aliphatic rings. The summed E-state index contributed by atoms with van der Waals surface area (Å²) < 4.78 is 10.3. The van der Waals surface area contributed by atoms with Crippen LogP contribution in [0.15, 0.2) is 46.9 Å². The first-order valence-corrected chi connectivity index (χ1v) is 10.3. The van der Waals surface area contributed by atoms with E-state index in [0.29, 0.717) is 22.0 Å². The summed E-state index contributed by atoms with van der Waals surface area (Å²) in [5.41, 5.74) is 1.29. The molecule has 2 rings (SSSR count). The van der Waals surface area contributed by atoms with Gasteiger partial charge in [-0.05, 0) is 48.9 Å². The van der Waals surface area contributed by atoms with Crippen LogP contribution in [0.3, 0.4) is 0 Å². The van der Waals surface area contributed by atoms with E-state index >= 15 is 0 Å². The summed E-state index contributed by atoms with van der Waals surface area (Å²) in [7, 11) is 1.29. The van der Waals surface area contributed by atoms with Gasteiger partial charge in [0, 0.05) is 23.0 Å². The Bertz CT molecular complexity index is 965. The zero-order valence-corrected chi connectivity index (χ0v) is 18.9. The summed E-state index contributed by atoms with van der Waals surface area (Å²) in [5, 5.41) is 5.56. The van der Waals surface area contributed by atoms with Gasteiger partial charge in [0.2, 0.25) is 5.91 Å². The van der Waals surface area contributed by atoms with E-state index in [1.54, 1.807) is 30.3 Å². The number of benzene rings is 2. The number of hydrogen-bond acceptors (Lipinski definition) is 6. The van der Waals surface area contributed by atoms with Crippen LogP contribution in [-0.2, 0) is 23.9 Å². The molecule has 2 aromatic rings. The van der Waals surface area contributed by atoms with Crippen molar-refractivity contribution in [1.29, 1.82) is 0 Å². The predicted octanol–water partition coefficient (Wildman–Crippen LogP) is 4.18. The Morgan fingerprint density at radius 2 is 1.68 bits per heavy atom. The molecule has 164 valence electrons. The van der Waals surface area contributed by atoms with E-state index < -0.39 is 24.5 Å². The Morgan fingerprint density at radius 3 is 2.32 bits per heavy atom. The van der Waals surface area contributed by atoms with Gasteiger partial charge in [-0.2, -0.15) is 0 Å². The van der Waals surface area contributed by atoms with Crippen molar-refractivity contribution in [3.8, 4) is 0 Å². The van der Waals surface area contributed by atoms with Gasteiger partial charge < -0.3 is 20.1 Å². The normalized spacial score (nSPS) is 10.2. The number of amides is 2. The van der Waals surface area contributed by atoms with Crippen molar-refractivity contribution in [2.45, 2.75) is 19.3 Å². The van der Waals surface area contributed by atoms with Crippen LogP contribution in [0.4, 0.5) is 11.4 Å². The quantitative estimate of drug-likeness (QED) is 0.489. The average molecular weight is 512 g/mol. The highest BCUT2D eigenvalue weighted by Crippen LogP contribution is 2.25. The van der Waals surface area contributed by atoms with Gasteiger partial charge in [0.15, 0.2) is 6.61 Å². The summed E-state index contributed by atoms with van der Waals surface area (Å²) in [6.07, 6.45) is 0.334. The number of carbonyl (C=O) groups is 4. The number of methoxy groups -OCH3 is 1. The van der Waals surface area contributed by atoms with Crippen molar-refractivity contribution in [3.63, 3.8) is 0 Å². The van der Waals surface area contributed by atoms with Crippen molar-refractivity contribution >= 4 is 62.7 Å². The van der Waals surface area contributed by atoms with Crippen LogP contribution in [-0.4, -0.2) is 37.5 Å². The molecule has 8 nitrogen and oxygen atoms in total. The molecule has 2 aromatic carbocycles. The topological polar surface area (TPSA) is 111 Å². The van der Waals surface area contributed by atoms with Crippen LogP contribution in [0.1, 0.15) is 29.6 Å². The smallest absolute Gasteiger partial charge is 0.337 e. The van der Waals surface area contributed by atoms with E-state index in [9.17, 15) is 19.2 Å². The Labute approximate surface area is 192 Å². The summed E-state index contributed by atoms with van der Waals surface area (Å²) >= 11 is 9.27. The lowest BCUT2D eigenvalue weighted by Gasteiger charge is -2.08. The Hall–Kier alpha value is -2.91. The van der Waals surface area contributed by atoms with E-state index in [-0.39, 0.29) is 25.2 Å². The Kier molecular flexibility index (Phi) is 9.48. The number of halogens is 2. The lowest BCUT2D eigenvalue weighted by Crippen LogP contribution is -2.21.